The number of halogens is 2. The van der Waals surface area contributed by atoms with E-state index in [2.05, 4.69) is 0 Å². The van der Waals surface area contributed by atoms with E-state index in [-0.39, 0.29) is 6.54 Å². The maximum atomic E-state index is 13.5. The normalized spacial score (nSPS) is 29.3. The van der Waals surface area contributed by atoms with Crippen LogP contribution in [0, 0.1) is 0 Å². The van der Waals surface area contributed by atoms with Gasteiger partial charge in [-0.3, -0.25) is 4.79 Å². The van der Waals surface area contributed by atoms with Crippen molar-refractivity contribution in [2.24, 2.45) is 0 Å². The first-order valence-corrected chi connectivity index (χ1v) is 10.6. The minimum absolute atomic E-state index is 0.282. The minimum Gasteiger partial charge on any atom is -0.319 e. The summed E-state index contributed by atoms with van der Waals surface area (Å²) in [5.41, 5.74) is 0. The first kappa shape index (κ1) is 16.8. The summed E-state index contributed by atoms with van der Waals surface area (Å²) in [5.74, 6) is -0.434. The minimum atomic E-state index is -3.41. The summed E-state index contributed by atoms with van der Waals surface area (Å²) >= 11 is 11.6. The average molecular weight is 368 g/mol. The molecule has 1 amide bonds. The van der Waals surface area contributed by atoms with Gasteiger partial charge in [0.1, 0.15) is 4.87 Å². The van der Waals surface area contributed by atoms with Crippen LogP contribution >= 0.6 is 23.2 Å². The first-order valence-electron chi connectivity index (χ1n) is 8.20. The van der Waals surface area contributed by atoms with Gasteiger partial charge in [0.15, 0.2) is 14.7 Å². The van der Waals surface area contributed by atoms with E-state index < -0.39 is 30.2 Å². The maximum Gasteiger partial charge on any atom is 0.257 e. The highest BCUT2D eigenvalue weighted by Crippen LogP contribution is 2.54. The Hall–Kier alpha value is -0.000000000000000111. The summed E-state index contributed by atoms with van der Waals surface area (Å²) in [6, 6.07) is 0. The number of alkyl halides is 2. The first-order chi connectivity index (χ1) is 10.4. The van der Waals surface area contributed by atoms with Gasteiger partial charge >= 0.3 is 0 Å². The lowest BCUT2D eigenvalue weighted by Crippen LogP contribution is -2.54. The largest absolute Gasteiger partial charge is 0.319 e. The van der Waals surface area contributed by atoms with Crippen molar-refractivity contribution in [3.05, 3.63) is 0 Å². The SMILES string of the molecule is O=C(C(Cl)Cl)N1CC2(CCCCC2)S(=O)(=O)C12CCCCC2. The van der Waals surface area contributed by atoms with Crippen molar-refractivity contribution in [1.29, 1.82) is 0 Å². The molecule has 2 saturated carbocycles. The number of rotatable bonds is 1. The van der Waals surface area contributed by atoms with Gasteiger partial charge in [-0.05, 0) is 25.7 Å². The Bertz CT molecular complexity index is 549. The molecule has 3 fully saturated rings. The predicted molar refractivity (Wildman–Crippen MR) is 87.8 cm³/mol. The number of nitrogens with zero attached hydrogens (tertiary/aromatic N) is 1. The molecule has 1 saturated heterocycles. The van der Waals surface area contributed by atoms with Crippen LogP contribution in [0.25, 0.3) is 0 Å². The number of hydrogen-bond acceptors (Lipinski definition) is 3. The van der Waals surface area contributed by atoms with E-state index in [1.165, 1.54) is 4.90 Å². The predicted octanol–water partition coefficient (Wildman–Crippen LogP) is 3.41. The molecule has 1 heterocycles. The molecule has 0 N–H and O–H groups in total. The highest BCUT2D eigenvalue weighted by molar-refractivity contribution is 7.94. The third-order valence-electron chi connectivity index (χ3n) is 5.86. The number of hydrogen-bond donors (Lipinski definition) is 0. The molecule has 0 bridgehead atoms. The Balaban J connectivity index is 2.08. The lowest BCUT2D eigenvalue weighted by Gasteiger charge is -2.40. The van der Waals surface area contributed by atoms with Gasteiger partial charge in [0, 0.05) is 6.54 Å². The van der Waals surface area contributed by atoms with E-state index in [0.717, 1.165) is 38.5 Å². The van der Waals surface area contributed by atoms with Crippen molar-refractivity contribution in [3.63, 3.8) is 0 Å². The maximum absolute atomic E-state index is 13.5. The molecule has 7 heteroatoms. The summed E-state index contributed by atoms with van der Waals surface area (Å²) in [6.45, 7) is 0.282. The molecule has 0 unspecified atom stereocenters. The number of amides is 1. The van der Waals surface area contributed by atoms with Crippen LogP contribution in [0.15, 0.2) is 0 Å². The fourth-order valence-electron chi connectivity index (χ4n) is 4.73. The molecular weight excluding hydrogens is 345 g/mol. The molecule has 4 nitrogen and oxygen atoms in total. The monoisotopic (exact) mass is 367 g/mol. The van der Waals surface area contributed by atoms with Crippen LogP contribution in [-0.2, 0) is 14.6 Å². The van der Waals surface area contributed by atoms with Crippen molar-refractivity contribution in [3.8, 4) is 0 Å². The molecular formula is C15H23Cl2NO3S. The molecule has 1 aliphatic heterocycles. The molecule has 0 aromatic rings. The highest BCUT2D eigenvalue weighted by Gasteiger charge is 2.67. The van der Waals surface area contributed by atoms with E-state index in [1.807, 2.05) is 0 Å². The standard InChI is InChI=1S/C15H23Cl2NO3S/c16-12(17)13(19)18-11-14(7-3-1-4-8-14)22(20,21)15(18)9-5-2-6-10-15/h12H,1-11H2. The summed E-state index contributed by atoms with van der Waals surface area (Å²) in [7, 11) is -3.41. The van der Waals surface area contributed by atoms with Crippen molar-refractivity contribution < 1.29 is 13.2 Å². The van der Waals surface area contributed by atoms with Gasteiger partial charge in [-0.2, -0.15) is 0 Å². The van der Waals surface area contributed by atoms with Gasteiger partial charge in [0.25, 0.3) is 5.91 Å². The topological polar surface area (TPSA) is 54.5 Å². The van der Waals surface area contributed by atoms with Crippen molar-refractivity contribution >= 4 is 38.9 Å². The van der Waals surface area contributed by atoms with E-state index in [1.54, 1.807) is 0 Å². The number of carbonyl (C=O) groups is 1. The van der Waals surface area contributed by atoms with Gasteiger partial charge < -0.3 is 4.90 Å². The van der Waals surface area contributed by atoms with Crippen LogP contribution in [-0.4, -0.2) is 40.2 Å². The quantitative estimate of drug-likeness (QED) is 0.667. The van der Waals surface area contributed by atoms with E-state index in [9.17, 15) is 13.2 Å². The van der Waals surface area contributed by atoms with Crippen molar-refractivity contribution in [1.82, 2.24) is 4.90 Å². The van der Waals surface area contributed by atoms with Crippen LogP contribution in [0.5, 0.6) is 0 Å². The highest BCUT2D eigenvalue weighted by atomic mass is 35.5. The van der Waals surface area contributed by atoms with Gasteiger partial charge in [0.2, 0.25) is 0 Å². The van der Waals surface area contributed by atoms with Gasteiger partial charge in [-0.25, -0.2) is 8.42 Å². The molecule has 2 aliphatic carbocycles. The zero-order valence-electron chi connectivity index (χ0n) is 12.7. The van der Waals surface area contributed by atoms with Crippen LogP contribution in [0.2, 0.25) is 0 Å². The fourth-order valence-corrected chi connectivity index (χ4v) is 8.17. The Kier molecular flexibility index (Phi) is 4.45. The Morgan fingerprint density at radius 3 is 1.91 bits per heavy atom. The zero-order valence-corrected chi connectivity index (χ0v) is 15.0. The molecule has 0 aromatic carbocycles. The molecule has 0 atom stereocenters. The molecule has 0 aromatic heterocycles. The number of carbonyl (C=O) groups excluding carboxylic acids is 1. The fraction of sp³-hybridized carbons (Fsp3) is 0.933. The third-order valence-corrected chi connectivity index (χ3v) is 9.54. The van der Waals surface area contributed by atoms with E-state index in [0.29, 0.717) is 25.7 Å². The lowest BCUT2D eigenvalue weighted by molar-refractivity contribution is -0.133. The van der Waals surface area contributed by atoms with Crippen molar-refractivity contribution in [2.45, 2.75) is 78.7 Å². The summed E-state index contributed by atoms with van der Waals surface area (Å²) in [6.07, 6.45) is 8.01. The smallest absolute Gasteiger partial charge is 0.257 e. The summed E-state index contributed by atoms with van der Waals surface area (Å²) in [4.78, 5) is 11.8. The Morgan fingerprint density at radius 2 is 1.41 bits per heavy atom. The van der Waals surface area contributed by atoms with Gasteiger partial charge in [-0.15, -0.1) is 0 Å². The molecule has 2 spiro atoms. The second kappa shape index (κ2) is 5.82. The molecule has 3 aliphatic rings. The molecule has 3 rings (SSSR count). The van der Waals surface area contributed by atoms with E-state index >= 15 is 0 Å². The van der Waals surface area contributed by atoms with Gasteiger partial charge in [-0.1, -0.05) is 61.7 Å². The Morgan fingerprint density at radius 1 is 0.909 bits per heavy atom. The van der Waals surface area contributed by atoms with E-state index in [4.69, 9.17) is 23.2 Å². The van der Waals surface area contributed by atoms with Gasteiger partial charge in [0.05, 0.1) is 4.75 Å². The molecule has 22 heavy (non-hydrogen) atoms. The van der Waals surface area contributed by atoms with Crippen molar-refractivity contribution in [2.75, 3.05) is 6.54 Å². The average Bonchev–Trinajstić information content (AvgIpc) is 2.68. The van der Waals surface area contributed by atoms with Crippen LogP contribution in [0.1, 0.15) is 64.2 Å². The zero-order chi connectivity index (χ0) is 16.0. The molecule has 126 valence electrons. The lowest BCUT2D eigenvalue weighted by atomic mass is 9.87. The second-order valence-electron chi connectivity index (χ2n) is 6.98. The molecule has 0 radical (unpaired) electrons. The summed E-state index contributed by atoms with van der Waals surface area (Å²) < 4.78 is 26.2. The Labute approximate surface area is 142 Å². The third kappa shape index (κ3) is 2.22. The van der Waals surface area contributed by atoms with Crippen LogP contribution < -0.4 is 0 Å². The second-order valence-corrected chi connectivity index (χ2v) is 10.7. The van der Waals surface area contributed by atoms with Crippen LogP contribution in [0.4, 0.5) is 0 Å². The summed E-state index contributed by atoms with van der Waals surface area (Å²) in [5, 5.41) is 0. The number of sulfone groups is 1. The van der Waals surface area contributed by atoms with Crippen LogP contribution in [0.3, 0.4) is 0 Å².